The Bertz CT molecular complexity index is 248. The van der Waals surface area contributed by atoms with Crippen LogP contribution in [0.2, 0.25) is 0 Å². The van der Waals surface area contributed by atoms with Crippen molar-refractivity contribution < 1.29 is 4.74 Å². The Morgan fingerprint density at radius 2 is 2.27 bits per heavy atom. The second-order valence-electron chi connectivity index (χ2n) is 1.74. The van der Waals surface area contributed by atoms with Gasteiger partial charge in [0.15, 0.2) is 5.06 Å². The van der Waals surface area contributed by atoms with Gasteiger partial charge < -0.3 is 10.5 Å². The number of halogens is 1. The normalized spacial score (nSPS) is 8.45. The number of nitrogen functional groups attached to an aromatic ring is 1. The van der Waals surface area contributed by atoms with Gasteiger partial charge in [0.05, 0.1) is 12.0 Å². The maximum atomic E-state index is 7.06. The quantitative estimate of drug-likeness (QED) is 0.551. The van der Waals surface area contributed by atoms with E-state index < -0.39 is 0 Å². The molecule has 3 nitrogen and oxygen atoms in total. The molecular weight excluding hydrogens is 184 g/mol. The Morgan fingerprint density at radius 3 is 2.55 bits per heavy atom. The second kappa shape index (κ2) is 4.20. The lowest BCUT2D eigenvalue weighted by atomic mass is 10.4. The van der Waals surface area contributed by atoms with Gasteiger partial charge in [-0.15, -0.1) is 12.4 Å². The van der Waals surface area contributed by atoms with E-state index in [1.807, 2.05) is 0 Å². The van der Waals surface area contributed by atoms with E-state index in [0.717, 1.165) is 9.94 Å². The minimum absolute atomic E-state index is 0. The molecule has 0 unspecified atom stereocenters. The van der Waals surface area contributed by atoms with Crippen molar-refractivity contribution in [2.45, 2.75) is 0 Å². The summed E-state index contributed by atoms with van der Waals surface area (Å²) in [4.78, 5) is 0.747. The zero-order valence-electron chi connectivity index (χ0n) is 5.96. The molecule has 0 saturated heterocycles. The molecule has 0 aliphatic rings. The highest BCUT2D eigenvalue weighted by Gasteiger charge is 2.00. The Kier molecular flexibility index (Phi) is 3.92. The molecule has 1 rings (SSSR count). The number of nitrogens with two attached hydrogens (primary N) is 1. The van der Waals surface area contributed by atoms with Crippen LogP contribution in [0.25, 0.3) is 0 Å². The fourth-order valence-electron chi connectivity index (χ4n) is 0.575. The van der Waals surface area contributed by atoms with Crippen LogP contribution in [0.3, 0.4) is 0 Å². The number of rotatable bonds is 2. The lowest BCUT2D eigenvalue weighted by molar-refractivity contribution is 0.427. The monoisotopic (exact) mass is 192 g/mol. The van der Waals surface area contributed by atoms with Crippen LogP contribution in [0.4, 0.5) is 0 Å². The van der Waals surface area contributed by atoms with Crippen molar-refractivity contribution in [1.82, 2.24) is 0 Å². The SMILES string of the molecule is COc1ccc(C(=N)N)s1.Cl. The van der Waals surface area contributed by atoms with Crippen molar-refractivity contribution in [3.63, 3.8) is 0 Å². The summed E-state index contributed by atoms with van der Waals surface area (Å²) in [6.45, 7) is 0. The first-order valence-electron chi connectivity index (χ1n) is 2.72. The minimum Gasteiger partial charge on any atom is -0.487 e. The highest BCUT2D eigenvalue weighted by molar-refractivity contribution is 7.15. The molecule has 0 bridgehead atoms. The van der Waals surface area contributed by atoms with Crippen molar-refractivity contribution >= 4 is 29.6 Å². The van der Waals surface area contributed by atoms with Crippen LogP contribution in [-0.4, -0.2) is 12.9 Å². The number of thiophene rings is 1. The summed E-state index contributed by atoms with van der Waals surface area (Å²) in [6.07, 6.45) is 0. The Morgan fingerprint density at radius 1 is 1.64 bits per heavy atom. The van der Waals surface area contributed by atoms with Gasteiger partial charge in [0.2, 0.25) is 0 Å². The molecule has 3 N–H and O–H groups in total. The first kappa shape index (κ1) is 10.3. The van der Waals surface area contributed by atoms with E-state index in [-0.39, 0.29) is 18.2 Å². The molecule has 0 saturated carbocycles. The van der Waals surface area contributed by atoms with Crippen LogP contribution >= 0.6 is 23.7 Å². The van der Waals surface area contributed by atoms with Crippen LogP contribution in [0.1, 0.15) is 4.88 Å². The van der Waals surface area contributed by atoms with E-state index >= 15 is 0 Å². The lowest BCUT2D eigenvalue weighted by Crippen LogP contribution is -2.08. The molecule has 1 heterocycles. The molecule has 11 heavy (non-hydrogen) atoms. The zero-order valence-corrected chi connectivity index (χ0v) is 7.59. The number of amidine groups is 1. The average molecular weight is 193 g/mol. The number of methoxy groups -OCH3 is 1. The number of hydrogen-bond donors (Lipinski definition) is 2. The van der Waals surface area contributed by atoms with Gasteiger partial charge in [-0.2, -0.15) is 0 Å². The molecule has 0 aromatic carbocycles. The maximum Gasteiger partial charge on any atom is 0.173 e. The Labute approximate surface area is 75.1 Å². The van der Waals surface area contributed by atoms with Gasteiger partial charge in [-0.25, -0.2) is 0 Å². The third-order valence-corrected chi connectivity index (χ3v) is 2.13. The van der Waals surface area contributed by atoms with Crippen molar-refractivity contribution in [2.75, 3.05) is 7.11 Å². The minimum atomic E-state index is 0. The molecule has 0 aliphatic heterocycles. The third kappa shape index (κ3) is 2.40. The molecule has 0 atom stereocenters. The van der Waals surface area contributed by atoms with E-state index in [1.165, 1.54) is 11.3 Å². The van der Waals surface area contributed by atoms with Crippen LogP contribution in [0.5, 0.6) is 5.06 Å². The fraction of sp³-hybridized carbons (Fsp3) is 0.167. The Balaban J connectivity index is 0.000001000. The predicted molar refractivity (Wildman–Crippen MR) is 49.1 cm³/mol. The summed E-state index contributed by atoms with van der Waals surface area (Å²) in [5, 5.41) is 7.84. The van der Waals surface area contributed by atoms with E-state index in [4.69, 9.17) is 15.9 Å². The molecular formula is C6H9ClN2OS. The first-order valence-corrected chi connectivity index (χ1v) is 3.54. The molecule has 0 aliphatic carbocycles. The van der Waals surface area contributed by atoms with Gasteiger partial charge in [0.25, 0.3) is 0 Å². The molecule has 62 valence electrons. The summed E-state index contributed by atoms with van der Waals surface area (Å²) in [5.74, 6) is 0.0910. The van der Waals surface area contributed by atoms with Crippen molar-refractivity contribution in [2.24, 2.45) is 5.73 Å². The largest absolute Gasteiger partial charge is 0.487 e. The van der Waals surface area contributed by atoms with Gasteiger partial charge in [-0.1, -0.05) is 11.3 Å². The lowest BCUT2D eigenvalue weighted by Gasteiger charge is -1.89. The first-order chi connectivity index (χ1) is 4.74. The second-order valence-corrected chi connectivity index (χ2v) is 2.78. The topological polar surface area (TPSA) is 59.1 Å². The molecule has 0 amide bonds. The molecule has 0 radical (unpaired) electrons. The van der Waals surface area contributed by atoms with E-state index in [2.05, 4.69) is 0 Å². The van der Waals surface area contributed by atoms with Gasteiger partial charge in [-0.3, -0.25) is 5.41 Å². The summed E-state index contributed by atoms with van der Waals surface area (Å²) in [6, 6.07) is 3.56. The molecule has 0 spiro atoms. The highest BCUT2D eigenvalue weighted by Crippen LogP contribution is 2.22. The summed E-state index contributed by atoms with van der Waals surface area (Å²) in [5.41, 5.74) is 5.22. The van der Waals surface area contributed by atoms with E-state index in [1.54, 1.807) is 19.2 Å². The van der Waals surface area contributed by atoms with Gasteiger partial charge in [0, 0.05) is 0 Å². The van der Waals surface area contributed by atoms with Crippen LogP contribution in [0, 0.1) is 5.41 Å². The Hall–Kier alpha value is -0.740. The van der Waals surface area contributed by atoms with Gasteiger partial charge in [-0.05, 0) is 12.1 Å². The highest BCUT2D eigenvalue weighted by atomic mass is 35.5. The van der Waals surface area contributed by atoms with Crippen molar-refractivity contribution in [3.05, 3.63) is 17.0 Å². The summed E-state index contributed by atoms with van der Waals surface area (Å²) >= 11 is 1.37. The number of nitrogens with one attached hydrogen (secondary N) is 1. The standard InChI is InChI=1S/C6H8N2OS.ClH/c1-9-5-3-2-4(10-5)6(7)8;/h2-3H,1H3,(H3,7,8);1H. The van der Waals surface area contributed by atoms with Gasteiger partial charge >= 0.3 is 0 Å². The van der Waals surface area contributed by atoms with Crippen molar-refractivity contribution in [3.8, 4) is 5.06 Å². The van der Waals surface area contributed by atoms with Crippen LogP contribution in [0.15, 0.2) is 12.1 Å². The van der Waals surface area contributed by atoms with E-state index in [0.29, 0.717) is 0 Å². The van der Waals surface area contributed by atoms with Crippen LogP contribution < -0.4 is 10.5 Å². The van der Waals surface area contributed by atoms with Crippen molar-refractivity contribution in [1.29, 1.82) is 5.41 Å². The molecule has 1 aromatic rings. The number of ether oxygens (including phenoxy) is 1. The zero-order chi connectivity index (χ0) is 7.56. The number of hydrogen-bond acceptors (Lipinski definition) is 3. The summed E-state index contributed by atoms with van der Waals surface area (Å²) < 4.78 is 4.91. The molecule has 0 fully saturated rings. The van der Waals surface area contributed by atoms with E-state index in [9.17, 15) is 0 Å². The van der Waals surface area contributed by atoms with Crippen LogP contribution in [-0.2, 0) is 0 Å². The predicted octanol–water partition coefficient (Wildman–Crippen LogP) is 1.46. The summed E-state index contributed by atoms with van der Waals surface area (Å²) in [7, 11) is 1.59. The average Bonchev–Trinajstić information content (AvgIpc) is 2.34. The maximum absolute atomic E-state index is 7.06. The van der Waals surface area contributed by atoms with Gasteiger partial charge in [0.1, 0.15) is 5.84 Å². The fourth-order valence-corrected chi connectivity index (χ4v) is 1.26. The smallest absolute Gasteiger partial charge is 0.173 e. The molecule has 1 aromatic heterocycles. The molecule has 5 heteroatoms. The third-order valence-electron chi connectivity index (χ3n) is 1.05.